The molecule has 2 amide bonds. The molecule has 3 heterocycles. The Morgan fingerprint density at radius 2 is 1.86 bits per heavy atom. The molecule has 0 spiro atoms. The van der Waals surface area contributed by atoms with Gasteiger partial charge in [0.25, 0.3) is 5.91 Å². The van der Waals surface area contributed by atoms with Gasteiger partial charge in [-0.3, -0.25) is 9.59 Å². The van der Waals surface area contributed by atoms with Gasteiger partial charge >= 0.3 is 0 Å². The molecule has 2 aliphatic heterocycles. The molecule has 1 aromatic heterocycles. The summed E-state index contributed by atoms with van der Waals surface area (Å²) in [5.41, 5.74) is 4.35. The molecular formula is C29H32N4O3. The minimum Gasteiger partial charge on any atom is -0.495 e. The van der Waals surface area contributed by atoms with Gasteiger partial charge in [-0.2, -0.15) is 0 Å². The fourth-order valence-corrected chi connectivity index (χ4v) is 5.21. The molecule has 2 fully saturated rings. The third kappa shape index (κ3) is 4.91. The summed E-state index contributed by atoms with van der Waals surface area (Å²) in [4.78, 5) is 34.5. The summed E-state index contributed by atoms with van der Waals surface area (Å²) in [6, 6.07) is 15.6. The van der Waals surface area contributed by atoms with Crippen molar-refractivity contribution in [2.45, 2.75) is 38.6 Å². The number of rotatable bonds is 5. The molecule has 0 bridgehead atoms. The molecule has 2 aliphatic rings. The van der Waals surface area contributed by atoms with E-state index in [2.05, 4.69) is 4.98 Å². The lowest BCUT2D eigenvalue weighted by Crippen LogP contribution is -2.50. The van der Waals surface area contributed by atoms with E-state index in [0.717, 1.165) is 66.1 Å². The summed E-state index contributed by atoms with van der Waals surface area (Å²) in [5.74, 6) is 0.919. The van der Waals surface area contributed by atoms with Gasteiger partial charge in [0.2, 0.25) is 5.91 Å². The van der Waals surface area contributed by atoms with Crippen LogP contribution in [0.3, 0.4) is 0 Å². The first-order chi connectivity index (χ1) is 17.5. The number of carbonyl (C=O) groups excluding carboxylic acids is 2. The number of benzene rings is 2. The van der Waals surface area contributed by atoms with Gasteiger partial charge in [-0.05, 0) is 68.5 Å². The number of nitrogens with zero attached hydrogens (tertiary/aromatic N) is 4. The first-order valence-corrected chi connectivity index (χ1v) is 12.6. The molecule has 186 valence electrons. The fraction of sp³-hybridized carbons (Fsp3) is 0.345. The second kappa shape index (κ2) is 10.4. The maximum atomic E-state index is 13.4. The van der Waals surface area contributed by atoms with Crippen molar-refractivity contribution in [3.63, 3.8) is 0 Å². The van der Waals surface area contributed by atoms with Gasteiger partial charge in [-0.1, -0.05) is 24.3 Å². The zero-order chi connectivity index (χ0) is 25.1. The number of aryl methyl sites for hydroxylation is 1. The topological polar surface area (TPSA) is 67.7 Å². The standard InChI is InChI=1S/C29H32N4O3/c1-21-19-32(20-30-21)26-11-10-22(18-27(26)36-2)17-24-9-6-14-33(29(24)35)25-12-15-31(16-13-25)28(34)23-7-4-3-5-8-23/h3-5,7-8,10-11,17-20,25H,6,9,12-16H2,1-2H3. The predicted molar refractivity (Wildman–Crippen MR) is 139 cm³/mol. The van der Waals surface area contributed by atoms with Crippen LogP contribution in [-0.2, 0) is 4.79 Å². The van der Waals surface area contributed by atoms with E-state index in [9.17, 15) is 9.59 Å². The van der Waals surface area contributed by atoms with Crippen LogP contribution in [0.15, 0.2) is 66.6 Å². The third-order valence-corrected chi connectivity index (χ3v) is 7.13. The molecule has 0 radical (unpaired) electrons. The highest BCUT2D eigenvalue weighted by Crippen LogP contribution is 2.29. The highest BCUT2D eigenvalue weighted by Gasteiger charge is 2.33. The van der Waals surface area contributed by atoms with Crippen LogP contribution >= 0.6 is 0 Å². The lowest BCUT2D eigenvalue weighted by molar-refractivity contribution is -0.131. The van der Waals surface area contributed by atoms with Crippen molar-refractivity contribution in [2.75, 3.05) is 26.7 Å². The first kappa shape index (κ1) is 23.9. The molecule has 0 unspecified atom stereocenters. The zero-order valence-electron chi connectivity index (χ0n) is 20.9. The Balaban J connectivity index is 1.27. The van der Waals surface area contributed by atoms with E-state index in [0.29, 0.717) is 13.1 Å². The van der Waals surface area contributed by atoms with Crippen molar-refractivity contribution in [1.82, 2.24) is 19.4 Å². The molecule has 5 rings (SSSR count). The number of carbonyl (C=O) groups is 2. The molecule has 2 aromatic carbocycles. The summed E-state index contributed by atoms with van der Waals surface area (Å²) in [5, 5.41) is 0. The second-order valence-electron chi connectivity index (χ2n) is 9.51. The lowest BCUT2D eigenvalue weighted by Gasteiger charge is -2.40. The van der Waals surface area contributed by atoms with Crippen LogP contribution in [0.1, 0.15) is 47.3 Å². The number of hydrogen-bond donors (Lipinski definition) is 0. The van der Waals surface area contributed by atoms with Crippen molar-refractivity contribution in [3.8, 4) is 11.4 Å². The predicted octanol–water partition coefficient (Wildman–Crippen LogP) is 4.50. The fourth-order valence-electron chi connectivity index (χ4n) is 5.21. The number of methoxy groups -OCH3 is 1. The van der Waals surface area contributed by atoms with E-state index < -0.39 is 0 Å². The van der Waals surface area contributed by atoms with Crippen molar-refractivity contribution in [1.29, 1.82) is 0 Å². The number of piperidine rings is 2. The van der Waals surface area contributed by atoms with E-state index in [1.807, 2.05) is 82.1 Å². The van der Waals surface area contributed by atoms with Crippen LogP contribution < -0.4 is 4.74 Å². The van der Waals surface area contributed by atoms with Crippen LogP contribution in [0, 0.1) is 6.92 Å². The van der Waals surface area contributed by atoms with Gasteiger partial charge in [0.15, 0.2) is 0 Å². The summed E-state index contributed by atoms with van der Waals surface area (Å²) in [6.07, 6.45) is 9.06. The highest BCUT2D eigenvalue weighted by atomic mass is 16.5. The Labute approximate surface area is 212 Å². The Kier molecular flexibility index (Phi) is 6.89. The van der Waals surface area contributed by atoms with Crippen LogP contribution in [0.4, 0.5) is 0 Å². The Hall–Kier alpha value is -3.87. The summed E-state index contributed by atoms with van der Waals surface area (Å²) < 4.78 is 7.58. The monoisotopic (exact) mass is 484 g/mol. The smallest absolute Gasteiger partial charge is 0.253 e. The largest absolute Gasteiger partial charge is 0.495 e. The molecule has 0 aliphatic carbocycles. The van der Waals surface area contributed by atoms with E-state index in [1.165, 1.54) is 0 Å². The molecule has 0 N–H and O–H groups in total. The van der Waals surface area contributed by atoms with Gasteiger partial charge in [0.1, 0.15) is 5.75 Å². The van der Waals surface area contributed by atoms with Crippen molar-refractivity contribution >= 4 is 17.9 Å². The molecule has 3 aromatic rings. The van der Waals surface area contributed by atoms with Gasteiger partial charge in [0.05, 0.1) is 24.8 Å². The molecule has 7 heteroatoms. The van der Waals surface area contributed by atoms with Gasteiger partial charge in [0, 0.05) is 43.0 Å². The Bertz CT molecular complexity index is 1270. The van der Waals surface area contributed by atoms with Crippen LogP contribution in [0.5, 0.6) is 5.75 Å². The molecule has 36 heavy (non-hydrogen) atoms. The van der Waals surface area contributed by atoms with Crippen molar-refractivity contribution in [2.24, 2.45) is 0 Å². The van der Waals surface area contributed by atoms with Gasteiger partial charge < -0.3 is 19.1 Å². The SMILES string of the molecule is COc1cc(C=C2CCCN(C3CCN(C(=O)c4ccccc4)CC3)C2=O)ccc1-n1cnc(C)c1. The summed E-state index contributed by atoms with van der Waals surface area (Å²) in [6.45, 7) is 4.07. The number of likely N-dealkylation sites (tertiary alicyclic amines) is 2. The van der Waals surface area contributed by atoms with E-state index in [4.69, 9.17) is 4.74 Å². The minimum absolute atomic E-state index is 0.0721. The van der Waals surface area contributed by atoms with Crippen LogP contribution in [0.2, 0.25) is 0 Å². The molecule has 0 atom stereocenters. The summed E-state index contributed by atoms with van der Waals surface area (Å²) in [7, 11) is 1.65. The first-order valence-electron chi connectivity index (χ1n) is 12.6. The second-order valence-corrected chi connectivity index (χ2v) is 9.51. The number of aromatic nitrogens is 2. The number of ether oxygens (including phenoxy) is 1. The van der Waals surface area contributed by atoms with Gasteiger partial charge in [-0.15, -0.1) is 0 Å². The minimum atomic E-state index is 0.0721. The van der Waals surface area contributed by atoms with Gasteiger partial charge in [-0.25, -0.2) is 4.98 Å². The highest BCUT2D eigenvalue weighted by molar-refractivity contribution is 5.99. The number of hydrogen-bond acceptors (Lipinski definition) is 4. The van der Waals surface area contributed by atoms with Crippen molar-refractivity contribution in [3.05, 3.63) is 83.4 Å². The van der Waals surface area contributed by atoms with E-state index in [-0.39, 0.29) is 17.9 Å². The molecular weight excluding hydrogens is 452 g/mol. The maximum Gasteiger partial charge on any atom is 0.253 e. The van der Waals surface area contributed by atoms with E-state index >= 15 is 0 Å². The molecule has 7 nitrogen and oxygen atoms in total. The quantitative estimate of drug-likeness (QED) is 0.500. The average molecular weight is 485 g/mol. The normalized spacial score (nSPS) is 18.1. The average Bonchev–Trinajstić information content (AvgIpc) is 3.36. The van der Waals surface area contributed by atoms with Crippen LogP contribution in [0.25, 0.3) is 11.8 Å². The number of imidazole rings is 1. The maximum absolute atomic E-state index is 13.4. The molecule has 2 saturated heterocycles. The van der Waals surface area contributed by atoms with E-state index in [1.54, 1.807) is 13.4 Å². The zero-order valence-corrected chi connectivity index (χ0v) is 20.9. The van der Waals surface area contributed by atoms with Crippen molar-refractivity contribution < 1.29 is 14.3 Å². The summed E-state index contributed by atoms with van der Waals surface area (Å²) >= 11 is 0. The Morgan fingerprint density at radius 3 is 2.56 bits per heavy atom. The Morgan fingerprint density at radius 1 is 1.08 bits per heavy atom. The number of amides is 2. The lowest BCUT2D eigenvalue weighted by atomic mass is 9.95. The third-order valence-electron chi connectivity index (χ3n) is 7.13. The van der Waals surface area contributed by atoms with Crippen LogP contribution in [-0.4, -0.2) is 64.0 Å². The molecule has 0 saturated carbocycles.